The molecule has 1 unspecified atom stereocenters. The largest absolute Gasteiger partial charge is 0.390 e. The van der Waals surface area contributed by atoms with E-state index in [9.17, 15) is 10.2 Å². The molecule has 0 radical (unpaired) electrons. The molecule has 1 aromatic rings. The van der Waals surface area contributed by atoms with Crippen molar-refractivity contribution in [2.75, 3.05) is 20.3 Å². The lowest BCUT2D eigenvalue weighted by Crippen LogP contribution is -2.36. The standard InChI is InChI=1S/C14H24N2O4/c1-9-11(10(2)20-16-9)6-15-7-14(8-19-3)4-12(17)13(18)5-14/h12-13,15,17-18H,4-8H2,1-3H3/t12-,13+,14?. The zero-order valence-electron chi connectivity index (χ0n) is 12.3. The molecular weight excluding hydrogens is 260 g/mol. The molecule has 1 fully saturated rings. The van der Waals surface area contributed by atoms with Crippen LogP contribution in [0.4, 0.5) is 0 Å². The van der Waals surface area contributed by atoms with Crippen LogP contribution in [0.3, 0.4) is 0 Å². The molecule has 3 atom stereocenters. The minimum atomic E-state index is -0.661. The van der Waals surface area contributed by atoms with Crippen molar-refractivity contribution in [3.05, 3.63) is 17.0 Å². The first-order chi connectivity index (χ1) is 9.47. The van der Waals surface area contributed by atoms with E-state index in [4.69, 9.17) is 9.26 Å². The minimum absolute atomic E-state index is 0.216. The molecule has 0 saturated heterocycles. The quantitative estimate of drug-likeness (QED) is 0.706. The van der Waals surface area contributed by atoms with Gasteiger partial charge in [0.15, 0.2) is 0 Å². The Kier molecular flexibility index (Phi) is 4.80. The van der Waals surface area contributed by atoms with E-state index in [1.54, 1.807) is 7.11 Å². The number of rotatable bonds is 6. The summed E-state index contributed by atoms with van der Waals surface area (Å²) in [6.07, 6.45) is -0.218. The van der Waals surface area contributed by atoms with Gasteiger partial charge in [-0.15, -0.1) is 0 Å². The minimum Gasteiger partial charge on any atom is -0.390 e. The summed E-state index contributed by atoms with van der Waals surface area (Å²) in [5.41, 5.74) is 1.74. The van der Waals surface area contributed by atoms with E-state index in [1.165, 1.54) is 0 Å². The van der Waals surface area contributed by atoms with Crippen LogP contribution in [0.25, 0.3) is 0 Å². The second-order valence-corrected chi connectivity index (χ2v) is 5.88. The molecule has 1 heterocycles. The molecule has 1 saturated carbocycles. The van der Waals surface area contributed by atoms with Gasteiger partial charge in [-0.05, 0) is 26.7 Å². The molecule has 20 heavy (non-hydrogen) atoms. The third kappa shape index (κ3) is 3.20. The van der Waals surface area contributed by atoms with Gasteiger partial charge in [0.2, 0.25) is 0 Å². The Morgan fingerprint density at radius 3 is 2.50 bits per heavy atom. The third-order valence-corrected chi connectivity index (χ3v) is 4.16. The lowest BCUT2D eigenvalue weighted by atomic mass is 9.86. The normalized spacial score (nSPS) is 30.1. The monoisotopic (exact) mass is 284 g/mol. The van der Waals surface area contributed by atoms with Crippen molar-refractivity contribution in [1.82, 2.24) is 10.5 Å². The van der Waals surface area contributed by atoms with Gasteiger partial charge in [-0.25, -0.2) is 0 Å². The number of hydrogen-bond acceptors (Lipinski definition) is 6. The fourth-order valence-electron chi connectivity index (χ4n) is 3.07. The summed E-state index contributed by atoms with van der Waals surface area (Å²) in [6, 6.07) is 0. The summed E-state index contributed by atoms with van der Waals surface area (Å²) in [6.45, 7) is 5.68. The second-order valence-electron chi connectivity index (χ2n) is 5.88. The average molecular weight is 284 g/mol. The van der Waals surface area contributed by atoms with Crippen molar-refractivity contribution < 1.29 is 19.5 Å². The molecule has 3 N–H and O–H groups in total. The molecule has 6 nitrogen and oxygen atoms in total. The molecule has 114 valence electrons. The van der Waals surface area contributed by atoms with Crippen molar-refractivity contribution in [2.45, 2.75) is 45.4 Å². The van der Waals surface area contributed by atoms with Crippen molar-refractivity contribution in [1.29, 1.82) is 0 Å². The number of nitrogens with zero attached hydrogens (tertiary/aromatic N) is 1. The molecular formula is C14H24N2O4. The lowest BCUT2D eigenvalue weighted by Gasteiger charge is -2.28. The summed E-state index contributed by atoms with van der Waals surface area (Å²) >= 11 is 0. The van der Waals surface area contributed by atoms with Crippen molar-refractivity contribution >= 4 is 0 Å². The average Bonchev–Trinajstić information content (AvgIpc) is 2.84. The van der Waals surface area contributed by atoms with Crippen LogP contribution in [0.15, 0.2) is 4.52 Å². The first-order valence-corrected chi connectivity index (χ1v) is 6.95. The maximum Gasteiger partial charge on any atom is 0.138 e. The van der Waals surface area contributed by atoms with E-state index < -0.39 is 12.2 Å². The molecule has 0 amide bonds. The smallest absolute Gasteiger partial charge is 0.138 e. The van der Waals surface area contributed by atoms with E-state index in [2.05, 4.69) is 10.5 Å². The van der Waals surface area contributed by atoms with Crippen LogP contribution in [0.2, 0.25) is 0 Å². The number of aromatic nitrogens is 1. The summed E-state index contributed by atoms with van der Waals surface area (Å²) in [5.74, 6) is 0.822. The number of methoxy groups -OCH3 is 1. The van der Waals surface area contributed by atoms with Gasteiger partial charge in [0.1, 0.15) is 5.76 Å². The van der Waals surface area contributed by atoms with Gasteiger partial charge in [-0.1, -0.05) is 5.16 Å². The van der Waals surface area contributed by atoms with Gasteiger partial charge in [0.25, 0.3) is 0 Å². The summed E-state index contributed by atoms with van der Waals surface area (Å²) < 4.78 is 10.4. The Hall–Kier alpha value is -0.950. The highest BCUT2D eigenvalue weighted by molar-refractivity contribution is 5.20. The molecule has 6 heteroatoms. The fraction of sp³-hybridized carbons (Fsp3) is 0.786. The maximum absolute atomic E-state index is 9.77. The predicted octanol–water partition coefficient (Wildman–Crippen LogP) is 0.529. The lowest BCUT2D eigenvalue weighted by molar-refractivity contribution is 0.0438. The van der Waals surface area contributed by atoms with Crippen LogP contribution in [-0.2, 0) is 11.3 Å². The molecule has 0 bridgehead atoms. The topological polar surface area (TPSA) is 87.8 Å². The fourth-order valence-corrected chi connectivity index (χ4v) is 3.07. The zero-order valence-corrected chi connectivity index (χ0v) is 12.3. The van der Waals surface area contributed by atoms with E-state index in [-0.39, 0.29) is 5.41 Å². The summed E-state index contributed by atoms with van der Waals surface area (Å²) in [7, 11) is 1.65. The van der Waals surface area contributed by atoms with Crippen LogP contribution in [0.5, 0.6) is 0 Å². The number of nitrogens with one attached hydrogen (secondary N) is 1. The molecule has 1 aliphatic rings. The molecule has 0 aromatic carbocycles. The Balaban J connectivity index is 1.94. The van der Waals surface area contributed by atoms with Crippen LogP contribution in [-0.4, -0.2) is 47.8 Å². The van der Waals surface area contributed by atoms with Crippen molar-refractivity contribution in [2.24, 2.45) is 5.41 Å². The van der Waals surface area contributed by atoms with E-state index >= 15 is 0 Å². The van der Waals surface area contributed by atoms with Gasteiger partial charge in [-0.3, -0.25) is 0 Å². The van der Waals surface area contributed by atoms with Gasteiger partial charge >= 0.3 is 0 Å². The third-order valence-electron chi connectivity index (χ3n) is 4.16. The second kappa shape index (κ2) is 6.22. The first-order valence-electron chi connectivity index (χ1n) is 6.95. The number of aryl methyl sites for hydroxylation is 2. The Labute approximate surface area is 119 Å². The highest BCUT2D eigenvalue weighted by Crippen LogP contribution is 2.38. The van der Waals surface area contributed by atoms with Gasteiger partial charge in [-0.2, -0.15) is 0 Å². The molecule has 0 spiro atoms. The highest BCUT2D eigenvalue weighted by Gasteiger charge is 2.43. The van der Waals surface area contributed by atoms with Crippen LogP contribution >= 0.6 is 0 Å². The van der Waals surface area contributed by atoms with Gasteiger partial charge in [0.05, 0.1) is 24.5 Å². The zero-order chi connectivity index (χ0) is 14.8. The van der Waals surface area contributed by atoms with Crippen LogP contribution in [0, 0.1) is 19.3 Å². The van der Waals surface area contributed by atoms with Crippen molar-refractivity contribution in [3.8, 4) is 0 Å². The van der Waals surface area contributed by atoms with Crippen LogP contribution in [0.1, 0.15) is 29.9 Å². The van der Waals surface area contributed by atoms with E-state index in [1.807, 2.05) is 13.8 Å². The maximum atomic E-state index is 9.77. The van der Waals surface area contributed by atoms with Crippen molar-refractivity contribution in [3.63, 3.8) is 0 Å². The molecule has 2 rings (SSSR count). The summed E-state index contributed by atoms with van der Waals surface area (Å²) in [4.78, 5) is 0. The Morgan fingerprint density at radius 1 is 1.35 bits per heavy atom. The Morgan fingerprint density at radius 2 is 2.00 bits per heavy atom. The van der Waals surface area contributed by atoms with Crippen LogP contribution < -0.4 is 5.32 Å². The SMILES string of the molecule is COCC1(CNCc2c(C)noc2C)C[C@@H](O)[C@@H](O)C1. The van der Waals surface area contributed by atoms with E-state index in [0.29, 0.717) is 32.5 Å². The number of aliphatic hydroxyl groups is 2. The number of ether oxygens (including phenoxy) is 1. The highest BCUT2D eigenvalue weighted by atomic mass is 16.5. The molecule has 1 aromatic heterocycles. The van der Waals surface area contributed by atoms with E-state index in [0.717, 1.165) is 17.0 Å². The van der Waals surface area contributed by atoms with Gasteiger partial charge in [0, 0.05) is 31.2 Å². The Bertz CT molecular complexity index is 417. The molecule has 0 aliphatic heterocycles. The van der Waals surface area contributed by atoms with Gasteiger partial charge < -0.3 is 24.8 Å². The number of aliphatic hydroxyl groups excluding tert-OH is 2. The first kappa shape index (κ1) is 15.4. The predicted molar refractivity (Wildman–Crippen MR) is 73.2 cm³/mol. The summed E-state index contributed by atoms with van der Waals surface area (Å²) in [5, 5.41) is 26.8. The number of hydrogen-bond donors (Lipinski definition) is 3. The molecule has 1 aliphatic carbocycles.